The predicted octanol–water partition coefficient (Wildman–Crippen LogP) is 4.19. The summed E-state index contributed by atoms with van der Waals surface area (Å²) in [6.45, 7) is 11.4. The van der Waals surface area contributed by atoms with Crippen LogP contribution in [-0.2, 0) is 24.6 Å². The van der Waals surface area contributed by atoms with E-state index in [1.165, 1.54) is 0 Å². The Hall–Kier alpha value is -3.49. The first-order valence-electron chi connectivity index (χ1n) is 13.1. The number of nitrogens with one attached hydrogen (secondary N) is 3. The number of nitrogens with two attached hydrogens (primary N) is 1. The number of allylic oxidation sites excluding steroid dienone is 1. The van der Waals surface area contributed by atoms with Gasteiger partial charge in [0, 0.05) is 6.54 Å². The van der Waals surface area contributed by atoms with Crippen molar-refractivity contribution in [3.05, 3.63) is 76.9 Å². The fourth-order valence-corrected chi connectivity index (χ4v) is 4.43. The SMILES string of the molecule is CCC[C@](C(=O)NN)(C(=O)NCC)c1ccc(C)cc1[C@H](C/C=C/c1ccccc1)C(=O)NOC(C)(C)C. The third-order valence-corrected chi connectivity index (χ3v) is 6.17. The summed E-state index contributed by atoms with van der Waals surface area (Å²) in [7, 11) is 0. The van der Waals surface area contributed by atoms with Crippen LogP contribution in [0.15, 0.2) is 54.6 Å². The van der Waals surface area contributed by atoms with Gasteiger partial charge in [-0.2, -0.15) is 0 Å². The highest BCUT2D eigenvalue weighted by Gasteiger charge is 2.48. The average molecular weight is 523 g/mol. The number of hydrogen-bond acceptors (Lipinski definition) is 5. The number of hydrazine groups is 1. The summed E-state index contributed by atoms with van der Waals surface area (Å²) < 4.78 is 0. The monoisotopic (exact) mass is 522 g/mol. The number of benzene rings is 2. The third kappa shape index (κ3) is 7.76. The van der Waals surface area contributed by atoms with Crippen LogP contribution in [0.1, 0.15) is 82.1 Å². The van der Waals surface area contributed by atoms with Crippen LogP contribution in [0.5, 0.6) is 0 Å². The molecule has 5 N–H and O–H groups in total. The number of hydroxylamine groups is 1. The number of aryl methyl sites for hydroxylation is 1. The van der Waals surface area contributed by atoms with Crippen molar-refractivity contribution in [3.8, 4) is 0 Å². The van der Waals surface area contributed by atoms with E-state index in [4.69, 9.17) is 10.7 Å². The van der Waals surface area contributed by atoms with Crippen LogP contribution in [-0.4, -0.2) is 29.9 Å². The number of rotatable bonds is 12. The van der Waals surface area contributed by atoms with Gasteiger partial charge in [0.15, 0.2) is 5.41 Å². The Labute approximate surface area is 226 Å². The number of carbonyl (C=O) groups excluding carboxylic acids is 3. The molecule has 8 nitrogen and oxygen atoms in total. The predicted molar refractivity (Wildman–Crippen MR) is 151 cm³/mol. The summed E-state index contributed by atoms with van der Waals surface area (Å²) >= 11 is 0. The standard InChI is InChI=1S/C30H42N4O4/c1-7-19-30(28(37)33-31,27(36)32-8-2)25-18-17-21(3)20-24(25)23(26(35)34-38-29(4,5)6)16-12-15-22-13-10-9-11-14-22/h9-15,17-18,20,23H,7-8,16,19,31H2,1-6H3,(H,32,36)(H,33,37)(H,34,35)/b15-12+/t23-,30+/m0/s1. The molecule has 0 saturated heterocycles. The zero-order valence-corrected chi connectivity index (χ0v) is 23.4. The molecule has 0 aliphatic heterocycles. The molecule has 3 amide bonds. The molecule has 0 heterocycles. The maximum absolute atomic E-state index is 13.6. The second kappa shape index (κ2) is 13.9. The molecule has 0 aliphatic rings. The van der Waals surface area contributed by atoms with Crippen LogP contribution in [0.2, 0.25) is 0 Å². The van der Waals surface area contributed by atoms with Crippen molar-refractivity contribution in [1.82, 2.24) is 16.2 Å². The Morgan fingerprint density at radius 1 is 1.03 bits per heavy atom. The average Bonchev–Trinajstić information content (AvgIpc) is 2.88. The van der Waals surface area contributed by atoms with Gasteiger partial charge in [0.1, 0.15) is 0 Å². The Balaban J connectivity index is 2.72. The van der Waals surface area contributed by atoms with Crippen molar-refractivity contribution in [2.24, 2.45) is 5.84 Å². The van der Waals surface area contributed by atoms with E-state index < -0.39 is 28.7 Å². The lowest BCUT2D eigenvalue weighted by Crippen LogP contribution is -2.57. The van der Waals surface area contributed by atoms with E-state index in [-0.39, 0.29) is 12.3 Å². The topological polar surface area (TPSA) is 123 Å². The summed E-state index contributed by atoms with van der Waals surface area (Å²) in [6.07, 6.45) is 4.92. The lowest BCUT2D eigenvalue weighted by atomic mass is 9.70. The Morgan fingerprint density at radius 2 is 1.71 bits per heavy atom. The number of amides is 3. The van der Waals surface area contributed by atoms with Crippen LogP contribution in [0.25, 0.3) is 6.08 Å². The number of likely N-dealkylation sites (N-methyl/N-ethyl adjacent to an activating group) is 1. The first-order valence-corrected chi connectivity index (χ1v) is 13.1. The van der Waals surface area contributed by atoms with Crippen molar-refractivity contribution in [3.63, 3.8) is 0 Å². The second-order valence-corrected chi connectivity index (χ2v) is 10.4. The molecule has 0 saturated carbocycles. The normalized spacial score (nSPS) is 14.0. The molecule has 0 bridgehead atoms. The summed E-state index contributed by atoms with van der Waals surface area (Å²) in [6, 6.07) is 15.2. The van der Waals surface area contributed by atoms with Gasteiger partial charge in [0.2, 0.25) is 5.91 Å². The summed E-state index contributed by atoms with van der Waals surface area (Å²) in [5.74, 6) is 3.42. The molecule has 0 radical (unpaired) electrons. The van der Waals surface area contributed by atoms with E-state index in [2.05, 4.69) is 16.2 Å². The number of hydrogen-bond donors (Lipinski definition) is 4. The molecule has 0 unspecified atom stereocenters. The van der Waals surface area contributed by atoms with Gasteiger partial charge in [-0.1, -0.05) is 79.6 Å². The van der Waals surface area contributed by atoms with Gasteiger partial charge < -0.3 is 5.32 Å². The van der Waals surface area contributed by atoms with E-state index in [0.29, 0.717) is 30.5 Å². The molecule has 0 aromatic heterocycles. The van der Waals surface area contributed by atoms with E-state index in [1.54, 1.807) is 13.0 Å². The molecule has 8 heteroatoms. The van der Waals surface area contributed by atoms with Gasteiger partial charge in [0.25, 0.3) is 11.8 Å². The molecule has 0 fully saturated rings. The molecule has 2 atom stereocenters. The highest BCUT2D eigenvalue weighted by atomic mass is 16.7. The van der Waals surface area contributed by atoms with Crippen LogP contribution >= 0.6 is 0 Å². The first kappa shape index (κ1) is 30.7. The summed E-state index contributed by atoms with van der Waals surface area (Å²) in [4.78, 5) is 46.2. The van der Waals surface area contributed by atoms with Gasteiger partial charge >= 0.3 is 0 Å². The summed E-state index contributed by atoms with van der Waals surface area (Å²) in [5.41, 5.74) is 5.48. The molecule has 0 aliphatic carbocycles. The van der Waals surface area contributed by atoms with E-state index >= 15 is 0 Å². The van der Waals surface area contributed by atoms with Gasteiger partial charge in [-0.25, -0.2) is 11.3 Å². The van der Waals surface area contributed by atoms with Crippen molar-refractivity contribution >= 4 is 23.8 Å². The van der Waals surface area contributed by atoms with Crippen LogP contribution in [0.4, 0.5) is 0 Å². The molecule has 2 aromatic carbocycles. The fourth-order valence-electron chi connectivity index (χ4n) is 4.43. The van der Waals surface area contributed by atoms with E-state index in [9.17, 15) is 14.4 Å². The maximum atomic E-state index is 13.6. The molecule has 2 rings (SSSR count). The Kier molecular flexibility index (Phi) is 11.2. The molecule has 38 heavy (non-hydrogen) atoms. The fraction of sp³-hybridized carbons (Fsp3) is 0.433. The molecule has 0 spiro atoms. The lowest BCUT2D eigenvalue weighted by molar-refractivity contribution is -0.147. The highest BCUT2D eigenvalue weighted by molar-refractivity contribution is 6.11. The first-order chi connectivity index (χ1) is 18.0. The lowest BCUT2D eigenvalue weighted by Gasteiger charge is -2.34. The molecular weight excluding hydrogens is 480 g/mol. The zero-order valence-electron chi connectivity index (χ0n) is 23.4. The highest BCUT2D eigenvalue weighted by Crippen LogP contribution is 2.38. The Bertz CT molecular complexity index is 1120. The van der Waals surface area contributed by atoms with E-state index in [0.717, 1.165) is 11.1 Å². The second-order valence-electron chi connectivity index (χ2n) is 10.4. The van der Waals surface area contributed by atoms with E-state index in [1.807, 2.05) is 89.2 Å². The van der Waals surface area contributed by atoms with Crippen molar-refractivity contribution in [2.45, 2.75) is 77.7 Å². The molecular formula is C30H42N4O4. The minimum Gasteiger partial charge on any atom is -0.355 e. The minimum atomic E-state index is -1.62. The number of carbonyl (C=O) groups is 3. The van der Waals surface area contributed by atoms with Crippen molar-refractivity contribution in [1.29, 1.82) is 0 Å². The van der Waals surface area contributed by atoms with Gasteiger partial charge in [-0.3, -0.25) is 24.6 Å². The van der Waals surface area contributed by atoms with Crippen LogP contribution in [0.3, 0.4) is 0 Å². The Morgan fingerprint density at radius 3 is 2.29 bits per heavy atom. The van der Waals surface area contributed by atoms with Crippen LogP contribution in [0, 0.1) is 6.92 Å². The summed E-state index contributed by atoms with van der Waals surface area (Å²) in [5, 5.41) is 2.81. The maximum Gasteiger partial charge on any atom is 0.254 e. The molecule has 206 valence electrons. The molecule has 2 aromatic rings. The van der Waals surface area contributed by atoms with Crippen molar-refractivity contribution < 1.29 is 19.2 Å². The largest absolute Gasteiger partial charge is 0.355 e. The zero-order chi connectivity index (χ0) is 28.3. The quantitative estimate of drug-likeness (QED) is 0.144. The van der Waals surface area contributed by atoms with Gasteiger partial charge in [-0.15, -0.1) is 0 Å². The third-order valence-electron chi connectivity index (χ3n) is 6.17. The smallest absolute Gasteiger partial charge is 0.254 e. The van der Waals surface area contributed by atoms with Crippen LogP contribution < -0.4 is 22.1 Å². The minimum absolute atomic E-state index is 0.213. The van der Waals surface area contributed by atoms with Gasteiger partial charge in [0.05, 0.1) is 11.5 Å². The van der Waals surface area contributed by atoms with Gasteiger partial charge in [-0.05, 0) is 64.2 Å². The van der Waals surface area contributed by atoms with Crippen molar-refractivity contribution in [2.75, 3.05) is 6.54 Å².